The molecule has 124 valence electrons. The van der Waals surface area contributed by atoms with Crippen LogP contribution >= 0.6 is 0 Å². The first-order valence-corrected chi connectivity index (χ1v) is 8.66. The zero-order chi connectivity index (χ0) is 17.1. The van der Waals surface area contributed by atoms with Gasteiger partial charge < -0.3 is 4.90 Å². The molecule has 4 nitrogen and oxygen atoms in total. The van der Waals surface area contributed by atoms with Crippen molar-refractivity contribution in [1.82, 2.24) is 0 Å². The number of hydrogen-bond acceptors (Lipinski definition) is 3. The number of hydrogen-bond donors (Lipinski definition) is 1. The highest BCUT2D eigenvalue weighted by Gasteiger charge is 2.23. The molecule has 0 aliphatic heterocycles. The van der Waals surface area contributed by atoms with Gasteiger partial charge in [-0.25, -0.2) is 4.98 Å². The van der Waals surface area contributed by atoms with Crippen LogP contribution in [0.4, 0.5) is 11.5 Å². The van der Waals surface area contributed by atoms with E-state index in [2.05, 4.69) is 40.2 Å². The number of nitrogens with two attached hydrogens (primary N) is 1. The van der Waals surface area contributed by atoms with Crippen LogP contribution in [-0.4, -0.2) is 14.1 Å². The van der Waals surface area contributed by atoms with E-state index in [1.807, 2.05) is 14.1 Å². The summed E-state index contributed by atoms with van der Waals surface area (Å²) in [7, 11) is 4.06. The lowest BCUT2D eigenvalue weighted by molar-refractivity contribution is -0.374. The van der Waals surface area contributed by atoms with Gasteiger partial charge in [0.15, 0.2) is 0 Å². The Labute approximate surface area is 143 Å². The lowest BCUT2D eigenvalue weighted by atomic mass is 9.88. The molecular weight excluding hydrogens is 296 g/mol. The molecule has 0 unspecified atom stereocenters. The van der Waals surface area contributed by atoms with Gasteiger partial charge in [0.05, 0.1) is 0 Å². The number of aromatic amines is 1. The Hall–Kier alpha value is -2.54. The molecule has 0 saturated heterocycles. The minimum absolute atomic E-state index is 0.489. The average Bonchev–Trinajstić information content (AvgIpc) is 2.56. The molecule has 0 atom stereocenters. The predicted molar refractivity (Wildman–Crippen MR) is 97.8 cm³/mol. The molecule has 3 N–H and O–H groups in total. The topological polar surface area (TPSA) is 67.2 Å². The van der Waals surface area contributed by atoms with Gasteiger partial charge in [0.1, 0.15) is 17.3 Å². The molecule has 3 rings (SSSR count). The molecule has 4 heteroatoms. The van der Waals surface area contributed by atoms with Crippen LogP contribution in [0.2, 0.25) is 0 Å². The van der Waals surface area contributed by atoms with Gasteiger partial charge >= 0.3 is 0 Å². The molecule has 24 heavy (non-hydrogen) atoms. The number of aromatic nitrogens is 1. The van der Waals surface area contributed by atoms with Crippen LogP contribution < -0.4 is 15.6 Å². The van der Waals surface area contributed by atoms with Gasteiger partial charge in [-0.15, -0.1) is 0 Å². The Balaban J connectivity index is 2.19. The Morgan fingerprint density at radius 3 is 2.33 bits per heavy atom. The van der Waals surface area contributed by atoms with Gasteiger partial charge in [0.25, 0.3) is 5.82 Å². The quantitative estimate of drug-likeness (QED) is 0.922. The second-order valence-electron chi connectivity index (χ2n) is 6.71. The lowest BCUT2D eigenvalue weighted by Crippen LogP contribution is -2.23. The molecule has 0 radical (unpaired) electrons. The van der Waals surface area contributed by atoms with E-state index in [0.717, 1.165) is 29.7 Å². The third-order valence-corrected chi connectivity index (χ3v) is 4.86. The zero-order valence-corrected chi connectivity index (χ0v) is 14.5. The molecule has 1 aliphatic rings. The summed E-state index contributed by atoms with van der Waals surface area (Å²) in [6.45, 7) is 0. The summed E-state index contributed by atoms with van der Waals surface area (Å²) in [5.74, 6) is 0.489. The van der Waals surface area contributed by atoms with E-state index >= 15 is 0 Å². The van der Waals surface area contributed by atoms with Gasteiger partial charge in [-0.1, -0.05) is 25.0 Å². The highest BCUT2D eigenvalue weighted by molar-refractivity contribution is 5.78. The molecule has 2 aromatic rings. The van der Waals surface area contributed by atoms with Crippen LogP contribution in [0.25, 0.3) is 11.1 Å². The average molecular weight is 321 g/mol. The molecule has 0 amide bonds. The number of nitrogens with zero attached hydrogens (tertiary/aromatic N) is 2. The van der Waals surface area contributed by atoms with Crippen molar-refractivity contribution < 1.29 is 4.98 Å². The Morgan fingerprint density at radius 2 is 1.71 bits per heavy atom. The number of rotatable bonds is 2. The molecule has 0 bridgehead atoms. The summed E-state index contributed by atoms with van der Waals surface area (Å²) in [6.07, 6.45) is 6.87. The van der Waals surface area contributed by atoms with E-state index in [9.17, 15) is 5.26 Å². The van der Waals surface area contributed by atoms with Gasteiger partial charge in [0, 0.05) is 37.3 Å². The van der Waals surface area contributed by atoms with E-state index in [4.69, 9.17) is 5.73 Å². The van der Waals surface area contributed by atoms with Crippen LogP contribution in [-0.2, 0) is 12.8 Å². The minimum Gasteiger partial charge on any atom is -0.378 e. The van der Waals surface area contributed by atoms with Crippen LogP contribution in [0.1, 0.15) is 42.5 Å². The summed E-state index contributed by atoms with van der Waals surface area (Å²) in [5.41, 5.74) is 12.5. The summed E-state index contributed by atoms with van der Waals surface area (Å²) in [5, 5.41) is 9.67. The predicted octanol–water partition coefficient (Wildman–Crippen LogP) is 3.35. The minimum atomic E-state index is 0.489. The van der Waals surface area contributed by atoms with Crippen molar-refractivity contribution in [3.05, 3.63) is 41.1 Å². The summed E-state index contributed by atoms with van der Waals surface area (Å²) >= 11 is 0. The van der Waals surface area contributed by atoms with E-state index in [0.29, 0.717) is 11.4 Å². The SMILES string of the molecule is CN(C)c1ccc(-c2c(C#N)c(N)[nH+]c3c2CCCCCC3)cc1. The maximum Gasteiger partial charge on any atom is 0.289 e. The molecule has 1 aromatic carbocycles. The van der Waals surface area contributed by atoms with Crippen molar-refractivity contribution in [1.29, 1.82) is 5.26 Å². The fourth-order valence-electron chi connectivity index (χ4n) is 3.54. The van der Waals surface area contributed by atoms with E-state index in [1.165, 1.54) is 36.9 Å². The number of benzene rings is 1. The molecule has 0 fully saturated rings. The Kier molecular flexibility index (Phi) is 4.71. The fourth-order valence-corrected chi connectivity index (χ4v) is 3.54. The summed E-state index contributed by atoms with van der Waals surface area (Å²) in [4.78, 5) is 5.38. The molecule has 1 aliphatic carbocycles. The third-order valence-electron chi connectivity index (χ3n) is 4.86. The highest BCUT2D eigenvalue weighted by atomic mass is 15.1. The maximum absolute atomic E-state index is 9.67. The van der Waals surface area contributed by atoms with Crippen LogP contribution in [0.3, 0.4) is 0 Å². The second kappa shape index (κ2) is 6.92. The zero-order valence-electron chi connectivity index (χ0n) is 14.5. The molecule has 1 aromatic heterocycles. The second-order valence-corrected chi connectivity index (χ2v) is 6.71. The van der Waals surface area contributed by atoms with E-state index in [1.54, 1.807) is 0 Å². The number of aryl methyl sites for hydroxylation is 1. The lowest BCUT2D eigenvalue weighted by Gasteiger charge is -2.18. The number of nitrogens with one attached hydrogen (secondary N) is 1. The van der Waals surface area contributed by atoms with Crippen molar-refractivity contribution in [3.8, 4) is 17.2 Å². The first-order valence-electron chi connectivity index (χ1n) is 8.66. The standard InChI is InChI=1S/C20H24N4/c1-24(2)15-11-9-14(10-12-15)19-16-7-5-3-4-6-8-18(16)23-20(22)17(19)13-21/h9-12H,3-8H2,1-2H3,(H2,22,23)/p+1. The number of H-pyrrole nitrogens is 1. The van der Waals surface area contributed by atoms with Gasteiger partial charge in [-0.05, 0) is 37.0 Å². The van der Waals surface area contributed by atoms with Crippen molar-refractivity contribution >= 4 is 11.5 Å². The smallest absolute Gasteiger partial charge is 0.289 e. The first-order chi connectivity index (χ1) is 11.6. The molecule has 0 spiro atoms. The number of nitriles is 1. The molecular formula is C20H25N4+. The number of nitrogen functional groups attached to an aromatic ring is 1. The largest absolute Gasteiger partial charge is 0.378 e. The Bertz CT molecular complexity index is 770. The van der Waals surface area contributed by atoms with E-state index in [-0.39, 0.29) is 0 Å². The van der Waals surface area contributed by atoms with Crippen LogP contribution in [0, 0.1) is 11.3 Å². The Morgan fingerprint density at radius 1 is 1.04 bits per heavy atom. The van der Waals surface area contributed by atoms with Gasteiger partial charge in [0.2, 0.25) is 0 Å². The van der Waals surface area contributed by atoms with E-state index < -0.39 is 0 Å². The van der Waals surface area contributed by atoms with Crippen LogP contribution in [0.15, 0.2) is 24.3 Å². The monoisotopic (exact) mass is 321 g/mol. The van der Waals surface area contributed by atoms with Crippen molar-refractivity contribution in [2.24, 2.45) is 0 Å². The molecule has 1 heterocycles. The molecule has 0 saturated carbocycles. The third kappa shape index (κ3) is 3.07. The number of pyridine rings is 1. The summed E-state index contributed by atoms with van der Waals surface area (Å²) in [6, 6.07) is 10.7. The van der Waals surface area contributed by atoms with Gasteiger partial charge in [-0.2, -0.15) is 5.26 Å². The fraction of sp³-hybridized carbons (Fsp3) is 0.400. The van der Waals surface area contributed by atoms with Gasteiger partial charge in [-0.3, -0.25) is 5.73 Å². The number of fused-ring (bicyclic) bond motifs is 1. The van der Waals surface area contributed by atoms with Crippen LogP contribution in [0.5, 0.6) is 0 Å². The highest BCUT2D eigenvalue weighted by Crippen LogP contribution is 2.34. The number of anilines is 2. The first kappa shape index (κ1) is 16.3. The van der Waals surface area contributed by atoms with Crippen molar-refractivity contribution in [2.45, 2.75) is 38.5 Å². The summed E-state index contributed by atoms with van der Waals surface area (Å²) < 4.78 is 0. The normalized spacial score (nSPS) is 14.2. The van der Waals surface area contributed by atoms with Crippen molar-refractivity contribution in [3.63, 3.8) is 0 Å². The van der Waals surface area contributed by atoms with Crippen molar-refractivity contribution in [2.75, 3.05) is 24.7 Å². The maximum atomic E-state index is 9.67.